The van der Waals surface area contributed by atoms with E-state index in [1.807, 2.05) is 30.3 Å². The van der Waals surface area contributed by atoms with Crippen molar-refractivity contribution >= 4 is 34.0 Å². The molecule has 1 N–H and O–H groups in total. The molecule has 0 saturated carbocycles. The number of ether oxygens (including phenoxy) is 1. The van der Waals surface area contributed by atoms with E-state index in [1.54, 1.807) is 12.1 Å². The van der Waals surface area contributed by atoms with Crippen LogP contribution >= 0.6 is 22.9 Å². The number of carbonyl (C=O) groups excluding carboxylic acids is 1. The van der Waals surface area contributed by atoms with Crippen LogP contribution in [0.25, 0.3) is 5.69 Å². The molecule has 3 heterocycles. The summed E-state index contributed by atoms with van der Waals surface area (Å²) in [6.45, 7) is 0.213. The first-order chi connectivity index (χ1) is 13.7. The Morgan fingerprint density at radius 1 is 1.14 bits per heavy atom. The first-order valence-electron chi connectivity index (χ1n) is 8.03. The maximum Gasteiger partial charge on any atom is 0.296 e. The molecule has 11 heteroatoms. The van der Waals surface area contributed by atoms with E-state index in [4.69, 9.17) is 16.3 Å². The first-order valence-corrected chi connectivity index (χ1v) is 9.23. The van der Waals surface area contributed by atoms with Gasteiger partial charge in [-0.1, -0.05) is 40.1 Å². The number of anilines is 1. The van der Waals surface area contributed by atoms with Crippen molar-refractivity contribution in [3.05, 3.63) is 71.3 Å². The van der Waals surface area contributed by atoms with Crippen molar-refractivity contribution in [2.45, 2.75) is 6.61 Å². The highest BCUT2D eigenvalue weighted by molar-refractivity contribution is 7.17. The third-order valence-corrected chi connectivity index (χ3v) is 4.52. The van der Waals surface area contributed by atoms with Gasteiger partial charge < -0.3 is 4.74 Å². The SMILES string of the molecule is O=C(Nc1nnc(OCc2ccc(Cl)cn2)s1)c1cnnn1-c1ccccc1. The summed E-state index contributed by atoms with van der Waals surface area (Å²) >= 11 is 6.90. The number of hydrogen-bond acceptors (Lipinski definition) is 8. The van der Waals surface area contributed by atoms with Crippen LogP contribution in [0.5, 0.6) is 5.19 Å². The monoisotopic (exact) mass is 413 g/mol. The average Bonchev–Trinajstić information content (AvgIpc) is 3.38. The lowest BCUT2D eigenvalue weighted by atomic mass is 10.3. The Balaban J connectivity index is 1.41. The molecule has 0 spiro atoms. The van der Waals surface area contributed by atoms with Gasteiger partial charge in [0.15, 0.2) is 5.69 Å². The lowest BCUT2D eigenvalue weighted by Crippen LogP contribution is -2.16. The molecule has 0 fully saturated rings. The molecule has 4 rings (SSSR count). The molecular weight excluding hydrogens is 402 g/mol. The molecule has 3 aromatic heterocycles. The van der Waals surface area contributed by atoms with Gasteiger partial charge in [0, 0.05) is 6.20 Å². The third-order valence-electron chi connectivity index (χ3n) is 3.54. The molecule has 0 saturated heterocycles. The van der Waals surface area contributed by atoms with Gasteiger partial charge in [0.1, 0.15) is 6.61 Å². The Bertz CT molecular complexity index is 1080. The molecule has 0 unspecified atom stereocenters. The summed E-state index contributed by atoms with van der Waals surface area (Å²) in [6, 6.07) is 12.7. The number of pyridine rings is 1. The molecule has 0 atom stereocenters. The number of hydrogen-bond donors (Lipinski definition) is 1. The van der Waals surface area contributed by atoms with Crippen molar-refractivity contribution in [2.24, 2.45) is 0 Å². The summed E-state index contributed by atoms with van der Waals surface area (Å²) in [5.41, 5.74) is 1.69. The maximum atomic E-state index is 12.6. The first kappa shape index (κ1) is 18.0. The van der Waals surface area contributed by atoms with Crippen molar-refractivity contribution < 1.29 is 9.53 Å². The van der Waals surface area contributed by atoms with Crippen LogP contribution < -0.4 is 10.1 Å². The molecule has 28 heavy (non-hydrogen) atoms. The van der Waals surface area contributed by atoms with Crippen molar-refractivity contribution in [3.8, 4) is 10.9 Å². The zero-order valence-corrected chi connectivity index (χ0v) is 15.8. The molecule has 0 aliphatic carbocycles. The van der Waals surface area contributed by atoms with Gasteiger partial charge in [0.05, 0.1) is 22.6 Å². The Hall–Kier alpha value is -3.37. The highest BCUT2D eigenvalue weighted by atomic mass is 35.5. The van der Waals surface area contributed by atoms with E-state index < -0.39 is 5.91 Å². The van der Waals surface area contributed by atoms with E-state index >= 15 is 0 Å². The second-order valence-electron chi connectivity index (χ2n) is 5.45. The van der Waals surface area contributed by atoms with Gasteiger partial charge in [-0.15, -0.1) is 10.2 Å². The van der Waals surface area contributed by atoms with Crippen LogP contribution in [-0.2, 0) is 6.61 Å². The van der Waals surface area contributed by atoms with Gasteiger partial charge in [0.25, 0.3) is 11.1 Å². The van der Waals surface area contributed by atoms with E-state index in [2.05, 4.69) is 30.8 Å². The van der Waals surface area contributed by atoms with Gasteiger partial charge >= 0.3 is 0 Å². The number of nitrogens with zero attached hydrogens (tertiary/aromatic N) is 6. The average molecular weight is 414 g/mol. The molecule has 0 aliphatic heterocycles. The molecule has 1 amide bonds. The van der Waals surface area contributed by atoms with Crippen LogP contribution in [0, 0.1) is 0 Å². The summed E-state index contributed by atoms with van der Waals surface area (Å²) in [6.07, 6.45) is 2.92. The normalized spacial score (nSPS) is 10.6. The van der Waals surface area contributed by atoms with Crippen LogP contribution in [0.2, 0.25) is 5.02 Å². The number of benzene rings is 1. The molecule has 0 radical (unpaired) electrons. The number of para-hydroxylation sites is 1. The van der Waals surface area contributed by atoms with E-state index in [0.29, 0.717) is 21.0 Å². The van der Waals surface area contributed by atoms with E-state index in [-0.39, 0.29) is 12.3 Å². The summed E-state index contributed by atoms with van der Waals surface area (Å²) in [5, 5.41) is 19.4. The smallest absolute Gasteiger partial charge is 0.296 e. The minimum atomic E-state index is -0.407. The molecule has 140 valence electrons. The lowest BCUT2D eigenvalue weighted by Gasteiger charge is -2.05. The van der Waals surface area contributed by atoms with Crippen molar-refractivity contribution in [2.75, 3.05) is 5.32 Å². The van der Waals surface area contributed by atoms with Gasteiger partial charge in [0.2, 0.25) is 5.13 Å². The number of carbonyl (C=O) groups is 1. The maximum absolute atomic E-state index is 12.6. The number of aromatic nitrogens is 6. The number of rotatable bonds is 6. The largest absolute Gasteiger partial charge is 0.462 e. The molecule has 9 nitrogen and oxygen atoms in total. The highest BCUT2D eigenvalue weighted by Crippen LogP contribution is 2.23. The quantitative estimate of drug-likeness (QED) is 0.517. The van der Waals surface area contributed by atoms with E-state index in [0.717, 1.165) is 17.0 Å². The second-order valence-corrected chi connectivity index (χ2v) is 6.83. The predicted octanol–water partition coefficient (Wildman–Crippen LogP) is 3.00. The van der Waals surface area contributed by atoms with Crippen LogP contribution in [0.4, 0.5) is 5.13 Å². The fourth-order valence-corrected chi connectivity index (χ4v) is 2.96. The zero-order valence-electron chi connectivity index (χ0n) is 14.2. The number of nitrogens with one attached hydrogen (secondary N) is 1. The van der Waals surface area contributed by atoms with Crippen LogP contribution in [0.1, 0.15) is 16.2 Å². The topological polar surface area (TPSA) is 108 Å². The van der Waals surface area contributed by atoms with Gasteiger partial charge in [-0.25, -0.2) is 4.68 Å². The molecule has 1 aromatic carbocycles. The fourth-order valence-electron chi connectivity index (χ4n) is 2.26. The Kier molecular flexibility index (Phi) is 5.22. The lowest BCUT2D eigenvalue weighted by molar-refractivity contribution is 0.101. The zero-order chi connectivity index (χ0) is 19.3. The second kappa shape index (κ2) is 8.11. The van der Waals surface area contributed by atoms with Crippen molar-refractivity contribution in [1.82, 2.24) is 30.2 Å². The summed E-state index contributed by atoms with van der Waals surface area (Å²) in [7, 11) is 0. The van der Waals surface area contributed by atoms with Crippen LogP contribution in [0.3, 0.4) is 0 Å². The van der Waals surface area contributed by atoms with Gasteiger partial charge in [-0.05, 0) is 35.6 Å². The number of amides is 1. The summed E-state index contributed by atoms with van der Waals surface area (Å²) in [5.74, 6) is -0.407. The third kappa shape index (κ3) is 4.13. The molecule has 0 bridgehead atoms. The molecular formula is C17H12ClN7O2S. The van der Waals surface area contributed by atoms with Crippen LogP contribution in [-0.4, -0.2) is 36.1 Å². The fraction of sp³-hybridized carbons (Fsp3) is 0.0588. The van der Waals surface area contributed by atoms with Crippen molar-refractivity contribution in [3.63, 3.8) is 0 Å². The predicted molar refractivity (Wildman–Crippen MR) is 103 cm³/mol. The molecule has 0 aliphatic rings. The van der Waals surface area contributed by atoms with Crippen LogP contribution in [0.15, 0.2) is 54.9 Å². The summed E-state index contributed by atoms with van der Waals surface area (Å²) in [4.78, 5) is 16.7. The Morgan fingerprint density at radius 3 is 2.79 bits per heavy atom. The minimum absolute atomic E-state index is 0.213. The van der Waals surface area contributed by atoms with Gasteiger partial charge in [-0.3, -0.25) is 15.1 Å². The Morgan fingerprint density at radius 2 is 2.00 bits per heavy atom. The summed E-state index contributed by atoms with van der Waals surface area (Å²) < 4.78 is 6.98. The Labute approximate surface area is 168 Å². The molecule has 4 aromatic rings. The van der Waals surface area contributed by atoms with E-state index in [1.165, 1.54) is 17.1 Å². The van der Waals surface area contributed by atoms with Gasteiger partial charge in [-0.2, -0.15) is 0 Å². The highest BCUT2D eigenvalue weighted by Gasteiger charge is 2.17. The van der Waals surface area contributed by atoms with E-state index in [9.17, 15) is 4.79 Å². The minimum Gasteiger partial charge on any atom is -0.462 e. The van der Waals surface area contributed by atoms with Crippen molar-refractivity contribution in [1.29, 1.82) is 0 Å². The number of halogens is 1. The standard InChI is InChI=1S/C17H12ClN7O2S/c18-11-6-7-12(19-8-11)10-27-17-23-22-16(28-17)21-15(26)14-9-20-24-25(14)13-4-2-1-3-5-13/h1-9H,10H2,(H,21,22,26).